The second-order valence-electron chi connectivity index (χ2n) is 4.38. The summed E-state index contributed by atoms with van der Waals surface area (Å²) in [5, 5.41) is 0.585. The van der Waals surface area contributed by atoms with Crippen molar-refractivity contribution in [1.82, 2.24) is 0 Å². The lowest BCUT2D eigenvalue weighted by Gasteiger charge is -2.11. The van der Waals surface area contributed by atoms with Crippen molar-refractivity contribution < 1.29 is 4.74 Å². The molecule has 0 spiro atoms. The molecule has 0 saturated heterocycles. The molecule has 0 fully saturated rings. The van der Waals surface area contributed by atoms with Gasteiger partial charge < -0.3 is 10.5 Å². The van der Waals surface area contributed by atoms with Gasteiger partial charge >= 0.3 is 0 Å². The van der Waals surface area contributed by atoms with Crippen molar-refractivity contribution in [3.8, 4) is 11.5 Å². The minimum absolute atomic E-state index is 0.387. The Morgan fingerprint density at radius 1 is 1.16 bits per heavy atom. The largest absolute Gasteiger partial charge is 0.456 e. The van der Waals surface area contributed by atoms with E-state index in [-0.39, 0.29) is 0 Å². The number of thiocarbonyl (C=S) groups is 1. The smallest absolute Gasteiger partial charge is 0.146 e. The standard InChI is InChI=1S/C15H14ClNOS/c1-9-3-6-13(16)14(7-9)18-11-4-5-12(15(17)19)10(2)8-11/h3-8H,1-2H3,(H2,17,19). The summed E-state index contributed by atoms with van der Waals surface area (Å²) in [4.78, 5) is 0.387. The van der Waals surface area contributed by atoms with Gasteiger partial charge in [-0.15, -0.1) is 0 Å². The van der Waals surface area contributed by atoms with Gasteiger partial charge in [0.15, 0.2) is 0 Å². The SMILES string of the molecule is Cc1ccc(Cl)c(Oc2ccc(C(N)=S)c(C)c2)c1. The minimum atomic E-state index is 0.387. The van der Waals surface area contributed by atoms with Crippen LogP contribution in [0.4, 0.5) is 0 Å². The van der Waals surface area contributed by atoms with Crippen molar-refractivity contribution in [3.05, 3.63) is 58.1 Å². The van der Waals surface area contributed by atoms with Crippen LogP contribution in [0.1, 0.15) is 16.7 Å². The molecule has 4 heteroatoms. The van der Waals surface area contributed by atoms with Crippen LogP contribution < -0.4 is 10.5 Å². The fourth-order valence-electron chi connectivity index (χ4n) is 1.79. The number of rotatable bonds is 3. The van der Waals surface area contributed by atoms with E-state index in [1.54, 1.807) is 0 Å². The first kappa shape index (κ1) is 13.8. The van der Waals surface area contributed by atoms with Crippen molar-refractivity contribution >= 4 is 28.8 Å². The second-order valence-corrected chi connectivity index (χ2v) is 5.22. The lowest BCUT2D eigenvalue weighted by molar-refractivity contribution is 0.482. The average molecular weight is 292 g/mol. The summed E-state index contributed by atoms with van der Waals surface area (Å²) in [6.07, 6.45) is 0. The third-order valence-corrected chi connectivity index (χ3v) is 3.31. The number of aryl methyl sites for hydroxylation is 2. The molecule has 0 aliphatic carbocycles. The topological polar surface area (TPSA) is 35.2 Å². The summed E-state index contributed by atoms with van der Waals surface area (Å²) in [5.74, 6) is 1.36. The van der Waals surface area contributed by atoms with E-state index in [1.807, 2.05) is 50.2 Å². The van der Waals surface area contributed by atoms with Crippen molar-refractivity contribution in [2.24, 2.45) is 5.73 Å². The van der Waals surface area contributed by atoms with Gasteiger partial charge in [-0.25, -0.2) is 0 Å². The van der Waals surface area contributed by atoms with E-state index in [2.05, 4.69) is 0 Å². The van der Waals surface area contributed by atoms with Gasteiger partial charge in [-0.05, 0) is 55.3 Å². The van der Waals surface area contributed by atoms with Crippen LogP contribution in [0.2, 0.25) is 5.02 Å². The zero-order chi connectivity index (χ0) is 14.0. The molecule has 0 aromatic heterocycles. The zero-order valence-corrected chi connectivity index (χ0v) is 12.3. The van der Waals surface area contributed by atoms with E-state index >= 15 is 0 Å². The van der Waals surface area contributed by atoms with E-state index in [0.717, 1.165) is 16.7 Å². The molecule has 2 rings (SSSR count). The van der Waals surface area contributed by atoms with Gasteiger partial charge in [0, 0.05) is 5.56 Å². The van der Waals surface area contributed by atoms with Gasteiger partial charge in [0.1, 0.15) is 16.5 Å². The van der Waals surface area contributed by atoms with Crippen LogP contribution in [0.3, 0.4) is 0 Å². The lowest BCUT2D eigenvalue weighted by Crippen LogP contribution is -2.10. The van der Waals surface area contributed by atoms with E-state index < -0.39 is 0 Å². The van der Waals surface area contributed by atoms with E-state index in [9.17, 15) is 0 Å². The molecule has 0 bridgehead atoms. The molecule has 2 aromatic rings. The molecule has 2 N–H and O–H groups in total. The zero-order valence-electron chi connectivity index (χ0n) is 10.7. The molecule has 2 aromatic carbocycles. The molecule has 2 nitrogen and oxygen atoms in total. The predicted octanol–water partition coefficient (Wildman–Crippen LogP) is 4.38. The molecule has 0 unspecified atom stereocenters. The first-order chi connectivity index (χ1) is 8.97. The molecule has 0 amide bonds. The fraction of sp³-hybridized carbons (Fsp3) is 0.133. The molecule has 0 saturated carbocycles. The van der Waals surface area contributed by atoms with Crippen molar-refractivity contribution in [2.75, 3.05) is 0 Å². The van der Waals surface area contributed by atoms with Crippen LogP contribution in [-0.2, 0) is 0 Å². The van der Waals surface area contributed by atoms with E-state index in [0.29, 0.717) is 21.5 Å². The van der Waals surface area contributed by atoms with Gasteiger partial charge in [-0.3, -0.25) is 0 Å². The quantitative estimate of drug-likeness (QED) is 0.852. The van der Waals surface area contributed by atoms with E-state index in [1.165, 1.54) is 0 Å². The summed E-state index contributed by atoms with van der Waals surface area (Å²) < 4.78 is 5.79. The number of halogens is 1. The van der Waals surface area contributed by atoms with Crippen LogP contribution in [0.15, 0.2) is 36.4 Å². The van der Waals surface area contributed by atoms with Crippen molar-refractivity contribution in [1.29, 1.82) is 0 Å². The number of hydrogen-bond acceptors (Lipinski definition) is 2. The van der Waals surface area contributed by atoms with Crippen LogP contribution in [0.25, 0.3) is 0 Å². The van der Waals surface area contributed by atoms with Gasteiger partial charge in [-0.2, -0.15) is 0 Å². The third kappa shape index (κ3) is 3.25. The summed E-state index contributed by atoms with van der Waals surface area (Å²) >= 11 is 11.1. The molecular formula is C15H14ClNOS. The normalized spacial score (nSPS) is 10.3. The number of nitrogens with two attached hydrogens (primary N) is 1. The minimum Gasteiger partial charge on any atom is -0.456 e. The van der Waals surface area contributed by atoms with Gasteiger partial charge in [0.05, 0.1) is 5.02 Å². The third-order valence-electron chi connectivity index (χ3n) is 2.78. The number of ether oxygens (including phenoxy) is 1. The Balaban J connectivity index is 2.31. The second kappa shape index (κ2) is 5.59. The Morgan fingerprint density at radius 3 is 2.53 bits per heavy atom. The Bertz CT molecular complexity index is 640. The Morgan fingerprint density at radius 2 is 1.89 bits per heavy atom. The Labute approximate surface area is 123 Å². The summed E-state index contributed by atoms with van der Waals surface area (Å²) in [5.41, 5.74) is 8.56. The van der Waals surface area contributed by atoms with E-state index in [4.69, 9.17) is 34.3 Å². The molecule has 0 radical (unpaired) electrons. The highest BCUT2D eigenvalue weighted by atomic mass is 35.5. The first-order valence-corrected chi connectivity index (χ1v) is 6.60. The maximum atomic E-state index is 6.10. The highest BCUT2D eigenvalue weighted by Crippen LogP contribution is 2.31. The van der Waals surface area contributed by atoms with Crippen LogP contribution in [-0.4, -0.2) is 4.99 Å². The van der Waals surface area contributed by atoms with Crippen molar-refractivity contribution in [3.63, 3.8) is 0 Å². The van der Waals surface area contributed by atoms with Crippen molar-refractivity contribution in [2.45, 2.75) is 13.8 Å². The average Bonchev–Trinajstić information content (AvgIpc) is 2.33. The van der Waals surface area contributed by atoms with Crippen LogP contribution in [0.5, 0.6) is 11.5 Å². The lowest BCUT2D eigenvalue weighted by atomic mass is 10.1. The number of hydrogen-bond donors (Lipinski definition) is 1. The highest BCUT2D eigenvalue weighted by molar-refractivity contribution is 7.80. The van der Waals surface area contributed by atoms with Crippen LogP contribution >= 0.6 is 23.8 Å². The number of benzene rings is 2. The Hall–Kier alpha value is -1.58. The molecular weight excluding hydrogens is 278 g/mol. The van der Waals surface area contributed by atoms with Gasteiger partial charge in [0.2, 0.25) is 0 Å². The maximum absolute atomic E-state index is 6.10. The highest BCUT2D eigenvalue weighted by Gasteiger charge is 2.06. The summed E-state index contributed by atoms with van der Waals surface area (Å²) in [6.45, 7) is 3.93. The monoisotopic (exact) mass is 291 g/mol. The van der Waals surface area contributed by atoms with Gasteiger partial charge in [-0.1, -0.05) is 29.9 Å². The first-order valence-electron chi connectivity index (χ1n) is 5.82. The molecule has 0 aliphatic heterocycles. The fourth-order valence-corrected chi connectivity index (χ4v) is 2.18. The predicted molar refractivity (Wildman–Crippen MR) is 83.3 cm³/mol. The molecule has 0 atom stereocenters. The van der Waals surface area contributed by atoms with Crippen LogP contribution in [0, 0.1) is 13.8 Å². The summed E-state index contributed by atoms with van der Waals surface area (Å²) in [7, 11) is 0. The maximum Gasteiger partial charge on any atom is 0.146 e. The molecule has 0 heterocycles. The molecule has 98 valence electrons. The Kier molecular flexibility index (Phi) is 4.08. The van der Waals surface area contributed by atoms with Gasteiger partial charge in [0.25, 0.3) is 0 Å². The molecule has 0 aliphatic rings. The molecule has 19 heavy (non-hydrogen) atoms. The summed E-state index contributed by atoms with van der Waals surface area (Å²) in [6, 6.07) is 11.3.